The van der Waals surface area contributed by atoms with Crippen molar-refractivity contribution >= 4 is 22.3 Å². The molecular formula is C18H19N3. The average molecular weight is 277 g/mol. The summed E-state index contributed by atoms with van der Waals surface area (Å²) < 4.78 is 0. The van der Waals surface area contributed by atoms with E-state index in [1.165, 1.54) is 11.1 Å². The molecule has 0 aliphatic rings. The third kappa shape index (κ3) is 2.68. The molecule has 3 N–H and O–H groups in total. The summed E-state index contributed by atoms with van der Waals surface area (Å²) in [6.07, 6.45) is 1.81. The molecule has 3 aromatic rings. The van der Waals surface area contributed by atoms with Crippen molar-refractivity contribution in [2.24, 2.45) is 0 Å². The zero-order chi connectivity index (χ0) is 14.8. The first-order valence-corrected chi connectivity index (χ1v) is 7.11. The van der Waals surface area contributed by atoms with Gasteiger partial charge in [0.15, 0.2) is 0 Å². The van der Waals surface area contributed by atoms with Crippen LogP contribution in [-0.2, 0) is 0 Å². The molecule has 3 heteroatoms. The molecule has 1 atom stereocenters. The number of hydrogen-bond acceptors (Lipinski definition) is 3. The SMILES string of the molecule is Cc1ccccc1C(C)Nc1ccnc2cc(N)ccc12. The molecule has 0 radical (unpaired) electrons. The maximum atomic E-state index is 5.83. The van der Waals surface area contributed by atoms with Gasteiger partial charge in [0.25, 0.3) is 0 Å². The minimum atomic E-state index is 0.231. The Morgan fingerprint density at radius 2 is 1.90 bits per heavy atom. The summed E-state index contributed by atoms with van der Waals surface area (Å²) in [7, 11) is 0. The fourth-order valence-electron chi connectivity index (χ4n) is 2.67. The molecule has 2 aromatic carbocycles. The van der Waals surface area contributed by atoms with Gasteiger partial charge in [-0.3, -0.25) is 4.98 Å². The predicted molar refractivity (Wildman–Crippen MR) is 89.4 cm³/mol. The van der Waals surface area contributed by atoms with Crippen molar-refractivity contribution < 1.29 is 0 Å². The lowest BCUT2D eigenvalue weighted by atomic mass is 10.0. The number of anilines is 2. The minimum absolute atomic E-state index is 0.231. The molecule has 0 aliphatic heterocycles. The zero-order valence-corrected chi connectivity index (χ0v) is 12.3. The van der Waals surface area contributed by atoms with E-state index in [9.17, 15) is 0 Å². The predicted octanol–water partition coefficient (Wildman–Crippen LogP) is 4.30. The molecule has 21 heavy (non-hydrogen) atoms. The van der Waals surface area contributed by atoms with Crippen LogP contribution in [0.2, 0.25) is 0 Å². The minimum Gasteiger partial charge on any atom is -0.399 e. The van der Waals surface area contributed by atoms with E-state index in [4.69, 9.17) is 5.73 Å². The first kappa shape index (κ1) is 13.4. The average Bonchev–Trinajstić information content (AvgIpc) is 2.47. The van der Waals surface area contributed by atoms with Gasteiger partial charge in [-0.2, -0.15) is 0 Å². The third-order valence-corrected chi connectivity index (χ3v) is 3.79. The number of benzene rings is 2. The maximum absolute atomic E-state index is 5.83. The van der Waals surface area contributed by atoms with E-state index in [0.29, 0.717) is 0 Å². The molecule has 0 aliphatic carbocycles. The highest BCUT2D eigenvalue weighted by molar-refractivity contribution is 5.92. The second-order valence-corrected chi connectivity index (χ2v) is 5.36. The highest BCUT2D eigenvalue weighted by Crippen LogP contribution is 2.28. The highest BCUT2D eigenvalue weighted by Gasteiger charge is 2.10. The number of rotatable bonds is 3. The van der Waals surface area contributed by atoms with E-state index in [0.717, 1.165) is 22.3 Å². The summed E-state index contributed by atoms with van der Waals surface area (Å²) in [4.78, 5) is 4.38. The summed E-state index contributed by atoms with van der Waals surface area (Å²) in [6.45, 7) is 4.31. The lowest BCUT2D eigenvalue weighted by molar-refractivity contribution is 0.876. The molecular weight excluding hydrogens is 258 g/mol. The van der Waals surface area contributed by atoms with Crippen molar-refractivity contribution in [3.8, 4) is 0 Å². The van der Waals surface area contributed by atoms with Crippen LogP contribution in [0.15, 0.2) is 54.7 Å². The van der Waals surface area contributed by atoms with Gasteiger partial charge in [0.05, 0.1) is 5.52 Å². The second kappa shape index (κ2) is 5.44. The van der Waals surface area contributed by atoms with Gasteiger partial charge in [-0.15, -0.1) is 0 Å². The number of fused-ring (bicyclic) bond motifs is 1. The van der Waals surface area contributed by atoms with Crippen LogP contribution in [0.1, 0.15) is 24.1 Å². The Kier molecular flexibility index (Phi) is 3.48. The first-order valence-electron chi connectivity index (χ1n) is 7.11. The quantitative estimate of drug-likeness (QED) is 0.702. The molecule has 0 bridgehead atoms. The number of aryl methyl sites for hydroxylation is 1. The lowest BCUT2D eigenvalue weighted by Gasteiger charge is -2.19. The van der Waals surface area contributed by atoms with E-state index < -0.39 is 0 Å². The van der Waals surface area contributed by atoms with Gasteiger partial charge >= 0.3 is 0 Å². The van der Waals surface area contributed by atoms with E-state index in [1.807, 2.05) is 30.5 Å². The Balaban J connectivity index is 1.97. The van der Waals surface area contributed by atoms with Crippen LogP contribution in [0.25, 0.3) is 10.9 Å². The Morgan fingerprint density at radius 3 is 2.71 bits per heavy atom. The third-order valence-electron chi connectivity index (χ3n) is 3.79. The Labute approximate surface area is 124 Å². The Morgan fingerprint density at radius 1 is 1.10 bits per heavy atom. The van der Waals surface area contributed by atoms with Crippen molar-refractivity contribution in [1.82, 2.24) is 4.98 Å². The summed E-state index contributed by atoms with van der Waals surface area (Å²) in [5.41, 5.74) is 11.1. The standard InChI is InChI=1S/C18H19N3/c1-12-5-3-4-6-15(12)13(2)21-17-9-10-20-18-11-14(19)7-8-16(17)18/h3-11,13H,19H2,1-2H3,(H,20,21). The summed E-state index contributed by atoms with van der Waals surface area (Å²) >= 11 is 0. The van der Waals surface area contributed by atoms with Gasteiger partial charge in [-0.1, -0.05) is 24.3 Å². The fourth-order valence-corrected chi connectivity index (χ4v) is 2.67. The van der Waals surface area contributed by atoms with Gasteiger partial charge in [-0.05, 0) is 49.2 Å². The van der Waals surface area contributed by atoms with Crippen LogP contribution in [0.4, 0.5) is 11.4 Å². The summed E-state index contributed by atoms with van der Waals surface area (Å²) in [5, 5.41) is 4.67. The number of nitrogens with two attached hydrogens (primary N) is 1. The van der Waals surface area contributed by atoms with Crippen LogP contribution in [-0.4, -0.2) is 4.98 Å². The van der Waals surface area contributed by atoms with Crippen LogP contribution in [0, 0.1) is 6.92 Å². The van der Waals surface area contributed by atoms with E-state index in [-0.39, 0.29) is 6.04 Å². The molecule has 106 valence electrons. The van der Waals surface area contributed by atoms with Gasteiger partial charge in [0, 0.05) is 29.0 Å². The molecule has 0 spiro atoms. The van der Waals surface area contributed by atoms with Crippen LogP contribution < -0.4 is 11.1 Å². The summed E-state index contributed by atoms with van der Waals surface area (Å²) in [5.74, 6) is 0. The fraction of sp³-hybridized carbons (Fsp3) is 0.167. The van der Waals surface area contributed by atoms with Crippen molar-refractivity contribution in [3.05, 3.63) is 65.9 Å². The maximum Gasteiger partial charge on any atom is 0.0743 e. The molecule has 1 aromatic heterocycles. The number of nitrogens with one attached hydrogen (secondary N) is 1. The molecule has 1 unspecified atom stereocenters. The van der Waals surface area contributed by atoms with Crippen molar-refractivity contribution in [1.29, 1.82) is 0 Å². The van der Waals surface area contributed by atoms with Gasteiger partial charge in [0.1, 0.15) is 0 Å². The Bertz CT molecular complexity index is 780. The van der Waals surface area contributed by atoms with Crippen molar-refractivity contribution in [3.63, 3.8) is 0 Å². The van der Waals surface area contributed by atoms with Crippen molar-refractivity contribution in [2.75, 3.05) is 11.1 Å². The highest BCUT2D eigenvalue weighted by atomic mass is 14.9. The normalized spacial score (nSPS) is 12.3. The number of pyridine rings is 1. The number of hydrogen-bond donors (Lipinski definition) is 2. The largest absolute Gasteiger partial charge is 0.399 e. The first-order chi connectivity index (χ1) is 10.1. The van der Waals surface area contributed by atoms with E-state index in [2.05, 4.69) is 48.4 Å². The topological polar surface area (TPSA) is 50.9 Å². The lowest BCUT2D eigenvalue weighted by Crippen LogP contribution is -2.08. The van der Waals surface area contributed by atoms with Gasteiger partial charge in [0.2, 0.25) is 0 Å². The summed E-state index contributed by atoms with van der Waals surface area (Å²) in [6, 6.07) is 16.5. The number of aromatic nitrogens is 1. The molecule has 0 saturated heterocycles. The van der Waals surface area contributed by atoms with Gasteiger partial charge < -0.3 is 11.1 Å². The number of nitrogen functional groups attached to an aromatic ring is 1. The van der Waals surface area contributed by atoms with E-state index in [1.54, 1.807) is 0 Å². The van der Waals surface area contributed by atoms with Crippen LogP contribution in [0.3, 0.4) is 0 Å². The molecule has 0 saturated carbocycles. The second-order valence-electron chi connectivity index (χ2n) is 5.36. The monoisotopic (exact) mass is 277 g/mol. The van der Waals surface area contributed by atoms with Gasteiger partial charge in [-0.25, -0.2) is 0 Å². The van der Waals surface area contributed by atoms with Crippen molar-refractivity contribution in [2.45, 2.75) is 19.9 Å². The molecule has 3 rings (SSSR count). The smallest absolute Gasteiger partial charge is 0.0743 e. The molecule has 0 amide bonds. The molecule has 3 nitrogen and oxygen atoms in total. The molecule has 1 heterocycles. The number of nitrogens with zero attached hydrogens (tertiary/aromatic N) is 1. The van der Waals surface area contributed by atoms with Crippen LogP contribution >= 0.6 is 0 Å². The Hall–Kier alpha value is -2.55. The van der Waals surface area contributed by atoms with Crippen LogP contribution in [0.5, 0.6) is 0 Å². The zero-order valence-electron chi connectivity index (χ0n) is 12.3. The van der Waals surface area contributed by atoms with E-state index >= 15 is 0 Å². The molecule has 0 fully saturated rings.